The molecule has 0 aromatic carbocycles. The summed E-state index contributed by atoms with van der Waals surface area (Å²) in [5, 5.41) is 0. The van der Waals surface area contributed by atoms with Crippen LogP contribution in [0, 0.1) is 11.9 Å². The van der Waals surface area contributed by atoms with Crippen LogP contribution in [0.3, 0.4) is 0 Å². The Bertz CT molecular complexity index is 262. The Hall–Kier alpha value is -1.03. The van der Waals surface area contributed by atoms with Crippen molar-refractivity contribution in [3.8, 4) is 0 Å². The zero-order valence-corrected chi connectivity index (χ0v) is 5.78. The quantitative estimate of drug-likeness (QED) is 0.605. The first-order valence-electron chi connectivity index (χ1n) is 2.53. The molecule has 0 aliphatic rings. The fourth-order valence-electron chi connectivity index (χ4n) is 0.497. The van der Waals surface area contributed by atoms with E-state index in [0.717, 1.165) is 6.07 Å². The Morgan fingerprint density at radius 2 is 2.50 bits per heavy atom. The van der Waals surface area contributed by atoms with Crippen LogP contribution in [0.15, 0.2) is 12.3 Å². The van der Waals surface area contributed by atoms with Gasteiger partial charge >= 0.3 is 0 Å². The Balaban J connectivity index is 3.07. The van der Waals surface area contributed by atoms with Crippen molar-refractivity contribution in [2.24, 2.45) is 5.73 Å². The molecule has 0 atom stereocenters. The first kappa shape index (κ1) is 7.08. The van der Waals surface area contributed by atoms with Crippen molar-refractivity contribution < 1.29 is 4.39 Å². The van der Waals surface area contributed by atoms with Crippen LogP contribution in [-0.2, 0) is 0 Å². The van der Waals surface area contributed by atoms with Crippen molar-refractivity contribution in [2.75, 3.05) is 0 Å². The van der Waals surface area contributed by atoms with Gasteiger partial charge in [0, 0.05) is 18.3 Å². The van der Waals surface area contributed by atoms with E-state index in [0.29, 0.717) is 0 Å². The Morgan fingerprint density at radius 1 is 1.80 bits per heavy atom. The van der Waals surface area contributed by atoms with E-state index in [1.54, 1.807) is 0 Å². The van der Waals surface area contributed by atoms with Crippen molar-refractivity contribution >= 4 is 17.2 Å². The van der Waals surface area contributed by atoms with E-state index in [4.69, 9.17) is 5.73 Å². The second-order valence-corrected chi connectivity index (χ2v) is 2.08. The molecule has 0 saturated heterocycles. The topological polar surface area (TPSA) is 38.9 Å². The Morgan fingerprint density at radius 3 is 2.90 bits per heavy atom. The summed E-state index contributed by atoms with van der Waals surface area (Å²) >= 11 is 4.56. The normalized spacial score (nSPS) is 9.30. The van der Waals surface area contributed by atoms with Gasteiger partial charge in [-0.25, -0.2) is 4.39 Å². The van der Waals surface area contributed by atoms with Crippen LogP contribution in [0.25, 0.3) is 0 Å². The van der Waals surface area contributed by atoms with Crippen LogP contribution < -0.4 is 5.73 Å². The van der Waals surface area contributed by atoms with E-state index >= 15 is 0 Å². The van der Waals surface area contributed by atoms with Crippen LogP contribution >= 0.6 is 12.2 Å². The molecule has 1 aromatic rings. The highest BCUT2D eigenvalue weighted by Crippen LogP contribution is 1.97. The van der Waals surface area contributed by atoms with Gasteiger partial charge in [0.25, 0.3) is 0 Å². The molecule has 1 aromatic heterocycles. The van der Waals surface area contributed by atoms with Crippen molar-refractivity contribution in [2.45, 2.75) is 0 Å². The summed E-state index contributed by atoms with van der Waals surface area (Å²) in [6.07, 6.45) is 1.20. The largest absolute Gasteiger partial charge is 0.388 e. The van der Waals surface area contributed by atoms with Gasteiger partial charge < -0.3 is 5.73 Å². The smallest absolute Gasteiger partial charge is 0.135 e. The summed E-state index contributed by atoms with van der Waals surface area (Å²) in [7, 11) is 0. The lowest BCUT2D eigenvalue weighted by atomic mass is 10.3. The minimum Gasteiger partial charge on any atom is -0.388 e. The molecule has 4 heteroatoms. The van der Waals surface area contributed by atoms with Gasteiger partial charge in [-0.3, -0.25) is 4.98 Å². The van der Waals surface area contributed by atoms with E-state index in [1.807, 2.05) is 0 Å². The molecule has 0 fully saturated rings. The molecule has 0 amide bonds. The molecule has 1 rings (SSSR count). The summed E-state index contributed by atoms with van der Waals surface area (Å²) in [6.45, 7) is 0. The average Bonchev–Trinajstić information content (AvgIpc) is 1.88. The second-order valence-electron chi connectivity index (χ2n) is 1.64. The second kappa shape index (κ2) is 2.70. The summed E-state index contributed by atoms with van der Waals surface area (Å²) in [5.41, 5.74) is 5.45. The predicted molar refractivity (Wildman–Crippen MR) is 38.9 cm³/mol. The predicted octanol–water partition coefficient (Wildman–Crippen LogP) is 0.655. The highest BCUT2D eigenvalue weighted by atomic mass is 32.1. The minimum absolute atomic E-state index is 0.0906. The summed E-state index contributed by atoms with van der Waals surface area (Å²) in [4.78, 5) is 3.77. The maximum atomic E-state index is 12.3. The van der Waals surface area contributed by atoms with Crippen LogP contribution in [-0.4, -0.2) is 9.97 Å². The lowest BCUT2D eigenvalue weighted by molar-refractivity contribution is 0.623. The molecule has 2 N–H and O–H groups in total. The van der Waals surface area contributed by atoms with Gasteiger partial charge in [0.2, 0.25) is 0 Å². The minimum atomic E-state index is -0.502. The van der Waals surface area contributed by atoms with Gasteiger partial charge in [0.05, 0.1) is 5.69 Å². The summed E-state index contributed by atoms with van der Waals surface area (Å²) in [6, 6.07) is 3.37. The van der Waals surface area contributed by atoms with E-state index in [-0.39, 0.29) is 10.7 Å². The van der Waals surface area contributed by atoms with Gasteiger partial charge in [-0.15, -0.1) is 0 Å². The molecular weight excluding hydrogens is 151 g/mol. The molecule has 0 aliphatic carbocycles. The van der Waals surface area contributed by atoms with Gasteiger partial charge in [-0.1, -0.05) is 12.2 Å². The zero-order chi connectivity index (χ0) is 7.56. The summed E-state index contributed by atoms with van der Waals surface area (Å²) < 4.78 is 12.3. The number of hydrogen-bond acceptors (Lipinski definition) is 2. The molecule has 1 radical (unpaired) electrons. The Labute approximate surface area is 62.9 Å². The fourth-order valence-corrected chi connectivity index (χ4v) is 0.609. The number of thiocarbonyl (C=S) groups is 1. The van der Waals surface area contributed by atoms with Gasteiger partial charge in [0.1, 0.15) is 10.8 Å². The Kier molecular flexibility index (Phi) is 1.91. The first-order valence-corrected chi connectivity index (χ1v) is 2.94. The van der Waals surface area contributed by atoms with Crippen LogP contribution in [0.4, 0.5) is 4.39 Å². The highest BCUT2D eigenvalue weighted by Gasteiger charge is 1.97. The molecule has 0 aliphatic heterocycles. The lowest BCUT2D eigenvalue weighted by Crippen LogP contribution is -2.11. The van der Waals surface area contributed by atoms with Gasteiger partial charge in [-0.05, 0) is 0 Å². The van der Waals surface area contributed by atoms with Crippen LogP contribution in [0.2, 0.25) is 0 Å². The maximum Gasteiger partial charge on any atom is 0.135 e. The van der Waals surface area contributed by atoms with Crippen molar-refractivity contribution in [1.82, 2.24) is 4.98 Å². The van der Waals surface area contributed by atoms with Crippen molar-refractivity contribution in [3.05, 3.63) is 29.8 Å². The number of nitrogens with zero attached hydrogens (tertiary/aromatic N) is 1. The maximum absolute atomic E-state index is 12.3. The fraction of sp³-hybridized carbons (Fsp3) is 0. The third-order valence-electron chi connectivity index (χ3n) is 0.922. The molecule has 1 heterocycles. The van der Waals surface area contributed by atoms with Gasteiger partial charge in [0.15, 0.2) is 0 Å². The third kappa shape index (κ3) is 1.48. The molecule has 0 spiro atoms. The van der Waals surface area contributed by atoms with E-state index in [2.05, 4.69) is 23.3 Å². The van der Waals surface area contributed by atoms with E-state index in [1.165, 1.54) is 6.20 Å². The molecule has 0 bridgehead atoms. The van der Waals surface area contributed by atoms with Gasteiger partial charge in [-0.2, -0.15) is 0 Å². The standard InChI is InChI=1S/C6H4FN2S/c7-4-1-2-9-5(3-4)6(8)10/h2-3H,(H2,8,10). The molecule has 2 nitrogen and oxygen atoms in total. The van der Waals surface area contributed by atoms with Crippen LogP contribution in [0.1, 0.15) is 5.69 Å². The van der Waals surface area contributed by atoms with Crippen molar-refractivity contribution in [3.63, 3.8) is 0 Å². The van der Waals surface area contributed by atoms with Crippen molar-refractivity contribution in [1.29, 1.82) is 0 Å². The number of hydrogen-bond donors (Lipinski definition) is 1. The molecule has 10 heavy (non-hydrogen) atoms. The average molecular weight is 155 g/mol. The lowest BCUT2D eigenvalue weighted by Gasteiger charge is -1.93. The first-order chi connectivity index (χ1) is 4.70. The summed E-state index contributed by atoms with van der Waals surface area (Å²) in [5.74, 6) is -0.502. The van der Waals surface area contributed by atoms with E-state index < -0.39 is 5.82 Å². The third-order valence-corrected chi connectivity index (χ3v) is 1.13. The number of halogens is 1. The molecule has 0 saturated carbocycles. The zero-order valence-electron chi connectivity index (χ0n) is 4.97. The molecule has 51 valence electrons. The highest BCUT2D eigenvalue weighted by molar-refractivity contribution is 7.80. The number of aromatic nitrogens is 1. The SMILES string of the molecule is NC(=S)c1cc(F)[c]cn1. The van der Waals surface area contributed by atoms with Crippen LogP contribution in [0.5, 0.6) is 0 Å². The monoisotopic (exact) mass is 155 g/mol. The number of rotatable bonds is 1. The van der Waals surface area contributed by atoms with E-state index in [9.17, 15) is 4.39 Å². The molecule has 0 unspecified atom stereocenters. The number of nitrogens with two attached hydrogens (primary N) is 1. The number of pyridine rings is 1. The molecular formula is C6H4FN2S.